The summed E-state index contributed by atoms with van der Waals surface area (Å²) in [6, 6.07) is 16.3. The van der Waals surface area contributed by atoms with Gasteiger partial charge >= 0.3 is 0 Å². The van der Waals surface area contributed by atoms with Crippen LogP contribution in [-0.4, -0.2) is 51.4 Å². The van der Waals surface area contributed by atoms with Crippen LogP contribution >= 0.6 is 0 Å². The molecule has 1 N–H and O–H groups in total. The molecule has 0 aliphatic carbocycles. The Morgan fingerprint density at radius 1 is 0.964 bits per heavy atom. The van der Waals surface area contributed by atoms with Gasteiger partial charge in [-0.3, -0.25) is 4.90 Å². The van der Waals surface area contributed by atoms with E-state index in [0.717, 1.165) is 63.0 Å². The van der Waals surface area contributed by atoms with Crippen LogP contribution in [0.25, 0.3) is 0 Å². The monoisotopic (exact) mass is 426 g/mol. The zero-order valence-corrected chi connectivity index (χ0v) is 17.7. The summed E-state index contributed by atoms with van der Waals surface area (Å²) in [6.45, 7) is 7.14. The lowest BCUT2D eigenvalue weighted by Crippen LogP contribution is -3.00. The maximum atomic E-state index is 5.91. The predicted molar refractivity (Wildman–Crippen MR) is 103 cm³/mol. The van der Waals surface area contributed by atoms with Crippen molar-refractivity contribution in [1.82, 2.24) is 10.2 Å². The lowest BCUT2D eigenvalue weighted by Gasteiger charge is -2.26. The van der Waals surface area contributed by atoms with Gasteiger partial charge in [-0.25, -0.2) is 0 Å². The number of methoxy groups -OCH3 is 1. The summed E-state index contributed by atoms with van der Waals surface area (Å²) in [5.74, 6) is 1.54. The Morgan fingerprint density at radius 3 is 2.43 bits per heavy atom. The highest BCUT2D eigenvalue weighted by atomic mass is 35.5. The van der Waals surface area contributed by atoms with Crippen LogP contribution in [0, 0.1) is 0 Å². The molecule has 0 spiro atoms. The minimum Gasteiger partial charge on any atom is -1.00 e. The second kappa shape index (κ2) is 13.6. The third kappa shape index (κ3) is 7.86. The summed E-state index contributed by atoms with van der Waals surface area (Å²) in [7, 11) is 1.68. The van der Waals surface area contributed by atoms with Crippen LogP contribution in [0.15, 0.2) is 48.5 Å². The minimum atomic E-state index is 0. The average molecular weight is 427 g/mol. The first-order chi connectivity index (χ1) is 12.8. The number of nitrogens with zero attached hydrogens (tertiary/aromatic N) is 1. The normalized spacial score (nSPS) is 13.9. The SMILES string of the molecule is COc1cc(CNCCN2CCOCC2)ccc1OCc1ccccc1.[Cl-].[Cl-]. The van der Waals surface area contributed by atoms with Crippen LogP contribution in [0.4, 0.5) is 0 Å². The first-order valence-electron chi connectivity index (χ1n) is 9.19. The van der Waals surface area contributed by atoms with Gasteiger partial charge in [-0.15, -0.1) is 0 Å². The fraction of sp³-hybridized carbons (Fsp3) is 0.429. The Bertz CT molecular complexity index is 668. The number of benzene rings is 2. The molecule has 1 fully saturated rings. The molecule has 1 saturated heterocycles. The number of halogens is 2. The van der Waals surface area contributed by atoms with E-state index in [9.17, 15) is 0 Å². The van der Waals surface area contributed by atoms with Crippen LogP contribution in [0.1, 0.15) is 11.1 Å². The van der Waals surface area contributed by atoms with Gasteiger partial charge in [0.1, 0.15) is 6.61 Å². The summed E-state index contributed by atoms with van der Waals surface area (Å²) in [5.41, 5.74) is 2.33. The number of hydrogen-bond acceptors (Lipinski definition) is 5. The molecule has 1 heterocycles. The Labute approximate surface area is 180 Å². The summed E-state index contributed by atoms with van der Waals surface area (Å²) in [6.07, 6.45) is 0. The molecule has 5 nitrogen and oxygen atoms in total. The number of nitrogens with one attached hydrogen (secondary N) is 1. The molecule has 0 radical (unpaired) electrons. The summed E-state index contributed by atoms with van der Waals surface area (Å²) < 4.78 is 16.8. The second-order valence-electron chi connectivity index (χ2n) is 6.39. The molecular formula is C21H28Cl2N2O3-2. The second-order valence-corrected chi connectivity index (χ2v) is 6.39. The molecule has 0 aromatic heterocycles. The highest BCUT2D eigenvalue weighted by Crippen LogP contribution is 2.28. The molecule has 7 heteroatoms. The van der Waals surface area contributed by atoms with E-state index < -0.39 is 0 Å². The smallest absolute Gasteiger partial charge is 0.161 e. The van der Waals surface area contributed by atoms with Crippen molar-refractivity contribution in [2.24, 2.45) is 0 Å². The van der Waals surface area contributed by atoms with Gasteiger partial charge in [0, 0.05) is 32.7 Å². The van der Waals surface area contributed by atoms with E-state index in [1.165, 1.54) is 5.56 Å². The van der Waals surface area contributed by atoms with Crippen molar-refractivity contribution in [2.45, 2.75) is 13.2 Å². The van der Waals surface area contributed by atoms with Crippen molar-refractivity contribution in [3.05, 3.63) is 59.7 Å². The quantitative estimate of drug-likeness (QED) is 0.425. The third-order valence-corrected chi connectivity index (χ3v) is 4.50. The van der Waals surface area contributed by atoms with E-state index in [1.54, 1.807) is 7.11 Å². The Balaban J connectivity index is 0.00000196. The van der Waals surface area contributed by atoms with E-state index in [4.69, 9.17) is 14.2 Å². The van der Waals surface area contributed by atoms with Crippen molar-refractivity contribution < 1.29 is 39.0 Å². The molecule has 0 saturated carbocycles. The van der Waals surface area contributed by atoms with Gasteiger partial charge in [0.25, 0.3) is 0 Å². The van der Waals surface area contributed by atoms with Crippen molar-refractivity contribution >= 4 is 0 Å². The fourth-order valence-corrected chi connectivity index (χ4v) is 2.97. The van der Waals surface area contributed by atoms with Gasteiger partial charge < -0.3 is 44.3 Å². The van der Waals surface area contributed by atoms with Gasteiger partial charge in [0.15, 0.2) is 11.5 Å². The largest absolute Gasteiger partial charge is 1.00 e. The molecule has 0 amide bonds. The van der Waals surface area contributed by atoms with Crippen molar-refractivity contribution in [2.75, 3.05) is 46.5 Å². The lowest BCUT2D eigenvalue weighted by atomic mass is 10.2. The van der Waals surface area contributed by atoms with Crippen LogP contribution in [0.5, 0.6) is 11.5 Å². The van der Waals surface area contributed by atoms with Crippen molar-refractivity contribution in [3.8, 4) is 11.5 Å². The van der Waals surface area contributed by atoms with Gasteiger partial charge in [0.05, 0.1) is 20.3 Å². The molecule has 0 unspecified atom stereocenters. The third-order valence-electron chi connectivity index (χ3n) is 4.50. The van der Waals surface area contributed by atoms with E-state index in [-0.39, 0.29) is 24.8 Å². The molecular weight excluding hydrogens is 399 g/mol. The maximum Gasteiger partial charge on any atom is 0.161 e. The van der Waals surface area contributed by atoms with Crippen LogP contribution in [-0.2, 0) is 17.9 Å². The van der Waals surface area contributed by atoms with Crippen LogP contribution < -0.4 is 39.6 Å². The van der Waals surface area contributed by atoms with E-state index in [2.05, 4.69) is 28.4 Å². The molecule has 3 rings (SSSR count). The van der Waals surface area contributed by atoms with Gasteiger partial charge in [0.2, 0.25) is 0 Å². The Kier molecular flexibility index (Phi) is 12.0. The van der Waals surface area contributed by atoms with E-state index >= 15 is 0 Å². The van der Waals surface area contributed by atoms with Gasteiger partial charge in [-0.05, 0) is 23.3 Å². The maximum absolute atomic E-state index is 5.91. The minimum absolute atomic E-state index is 0. The molecule has 2 aromatic rings. The number of rotatable bonds is 9. The summed E-state index contributed by atoms with van der Waals surface area (Å²) in [4.78, 5) is 2.43. The summed E-state index contributed by atoms with van der Waals surface area (Å²) in [5, 5.41) is 3.50. The van der Waals surface area contributed by atoms with Gasteiger partial charge in [-0.1, -0.05) is 36.4 Å². The van der Waals surface area contributed by atoms with Crippen molar-refractivity contribution in [3.63, 3.8) is 0 Å². The molecule has 0 atom stereocenters. The zero-order valence-electron chi connectivity index (χ0n) is 16.2. The Morgan fingerprint density at radius 2 is 1.71 bits per heavy atom. The van der Waals surface area contributed by atoms with E-state index in [1.807, 2.05) is 30.3 Å². The topological polar surface area (TPSA) is 43.0 Å². The highest BCUT2D eigenvalue weighted by molar-refractivity contribution is 5.43. The molecule has 156 valence electrons. The standard InChI is InChI=1S/C21H28N2O3.2ClH/c1-24-21-15-19(16-22-9-10-23-11-13-25-14-12-23)7-8-20(21)26-17-18-5-3-2-4-6-18;;/h2-8,15,22H,9-14,16-17H2,1H3;2*1H/p-2. The number of morpholine rings is 1. The molecule has 1 aliphatic rings. The number of hydrogen-bond donors (Lipinski definition) is 1. The molecule has 28 heavy (non-hydrogen) atoms. The predicted octanol–water partition coefficient (Wildman–Crippen LogP) is -3.30. The van der Waals surface area contributed by atoms with Gasteiger partial charge in [-0.2, -0.15) is 0 Å². The zero-order chi connectivity index (χ0) is 18.0. The number of ether oxygens (including phenoxy) is 3. The molecule has 1 aliphatic heterocycles. The van der Waals surface area contributed by atoms with Crippen LogP contribution in [0.3, 0.4) is 0 Å². The highest BCUT2D eigenvalue weighted by Gasteiger charge is 2.10. The van der Waals surface area contributed by atoms with Crippen LogP contribution in [0.2, 0.25) is 0 Å². The fourth-order valence-electron chi connectivity index (χ4n) is 2.97. The first kappa shape index (κ1) is 24.5. The Hall–Kier alpha value is -1.50. The average Bonchev–Trinajstić information content (AvgIpc) is 2.71. The molecule has 2 aromatic carbocycles. The lowest BCUT2D eigenvalue weighted by molar-refractivity contribution is -0.00100. The first-order valence-corrected chi connectivity index (χ1v) is 9.19. The molecule has 0 bridgehead atoms. The van der Waals surface area contributed by atoms with E-state index in [0.29, 0.717) is 6.61 Å². The summed E-state index contributed by atoms with van der Waals surface area (Å²) >= 11 is 0. The van der Waals surface area contributed by atoms with Crippen molar-refractivity contribution in [1.29, 1.82) is 0 Å².